The van der Waals surface area contributed by atoms with Crippen molar-refractivity contribution in [2.45, 2.75) is 50.6 Å². The average Bonchev–Trinajstić information content (AvgIpc) is 2.24. The van der Waals surface area contributed by atoms with Crippen molar-refractivity contribution in [3.8, 4) is 0 Å². The Morgan fingerprint density at radius 1 is 1.21 bits per heavy atom. The number of carbonyl (C=O) groups is 2. The van der Waals surface area contributed by atoms with E-state index in [2.05, 4.69) is 10.2 Å². The molecule has 0 radical (unpaired) electrons. The van der Waals surface area contributed by atoms with Crippen molar-refractivity contribution in [1.29, 1.82) is 0 Å². The Labute approximate surface area is 114 Å². The van der Waals surface area contributed by atoms with E-state index in [-0.39, 0.29) is 18.4 Å². The normalized spacial score (nSPS) is 24.9. The van der Waals surface area contributed by atoms with Crippen LogP contribution in [-0.2, 0) is 9.59 Å². The van der Waals surface area contributed by atoms with E-state index in [1.54, 1.807) is 4.90 Å². The first kappa shape index (κ1) is 12.9. The van der Waals surface area contributed by atoms with E-state index >= 15 is 0 Å². The molecule has 1 heterocycles. The molecule has 0 spiro atoms. The molecule has 0 aromatic carbocycles. The van der Waals surface area contributed by atoms with Gasteiger partial charge in [0.15, 0.2) is 0 Å². The molecule has 0 unspecified atom stereocenters. The molecule has 19 heavy (non-hydrogen) atoms. The van der Waals surface area contributed by atoms with E-state index in [9.17, 15) is 9.59 Å². The van der Waals surface area contributed by atoms with E-state index in [0.29, 0.717) is 31.7 Å². The van der Waals surface area contributed by atoms with Crippen LogP contribution in [0.15, 0.2) is 0 Å². The lowest BCUT2D eigenvalue weighted by molar-refractivity contribution is -0.141. The average molecular weight is 265 g/mol. The van der Waals surface area contributed by atoms with Crippen molar-refractivity contribution in [2.24, 2.45) is 0 Å². The number of rotatable bonds is 4. The van der Waals surface area contributed by atoms with Crippen molar-refractivity contribution in [3.05, 3.63) is 0 Å². The predicted octanol–water partition coefficient (Wildman–Crippen LogP) is 0.352. The van der Waals surface area contributed by atoms with Crippen LogP contribution in [0.2, 0.25) is 0 Å². The van der Waals surface area contributed by atoms with E-state index < -0.39 is 0 Å². The number of carbonyl (C=O) groups excluding carboxylic acids is 2. The summed E-state index contributed by atoms with van der Waals surface area (Å²) in [6.45, 7) is 2.01. The fraction of sp³-hybridized carbons (Fsp3) is 0.857. The molecule has 1 N–H and O–H groups in total. The van der Waals surface area contributed by atoms with Crippen LogP contribution in [0, 0.1) is 0 Å². The van der Waals surface area contributed by atoms with Gasteiger partial charge < -0.3 is 10.2 Å². The van der Waals surface area contributed by atoms with Gasteiger partial charge in [0.25, 0.3) is 0 Å². The van der Waals surface area contributed by atoms with Gasteiger partial charge in [-0.2, -0.15) is 0 Å². The Morgan fingerprint density at radius 2 is 1.84 bits per heavy atom. The minimum Gasteiger partial charge on any atom is -0.353 e. The first-order valence-electron chi connectivity index (χ1n) is 7.54. The Hall–Kier alpha value is -1.10. The van der Waals surface area contributed by atoms with Crippen molar-refractivity contribution in [1.82, 2.24) is 15.1 Å². The lowest BCUT2D eigenvalue weighted by atomic mass is 9.84. The van der Waals surface area contributed by atoms with Gasteiger partial charge in [0.05, 0.1) is 13.1 Å². The highest BCUT2D eigenvalue weighted by atomic mass is 16.2. The van der Waals surface area contributed by atoms with Crippen LogP contribution in [-0.4, -0.2) is 59.9 Å². The highest BCUT2D eigenvalue weighted by molar-refractivity contribution is 5.86. The zero-order valence-corrected chi connectivity index (χ0v) is 11.4. The largest absolute Gasteiger partial charge is 0.353 e. The van der Waals surface area contributed by atoms with Gasteiger partial charge in [-0.25, -0.2) is 0 Å². The van der Waals surface area contributed by atoms with Crippen LogP contribution in [0.3, 0.4) is 0 Å². The molecule has 0 atom stereocenters. The number of amides is 2. The molecule has 1 saturated heterocycles. The monoisotopic (exact) mass is 265 g/mol. The number of hydrogen-bond acceptors (Lipinski definition) is 3. The summed E-state index contributed by atoms with van der Waals surface area (Å²) in [7, 11) is 0. The van der Waals surface area contributed by atoms with Gasteiger partial charge in [-0.1, -0.05) is 12.8 Å². The minimum atomic E-state index is -0.0292. The van der Waals surface area contributed by atoms with E-state index in [4.69, 9.17) is 0 Å². The Kier molecular flexibility index (Phi) is 3.73. The maximum absolute atomic E-state index is 12.3. The predicted molar refractivity (Wildman–Crippen MR) is 71.6 cm³/mol. The lowest BCUT2D eigenvalue weighted by Gasteiger charge is -2.46. The van der Waals surface area contributed by atoms with Crippen LogP contribution >= 0.6 is 0 Å². The Bertz CT molecular complexity index is 350. The molecule has 5 heteroatoms. The molecule has 0 aromatic rings. The molecule has 0 aromatic heterocycles. The molecule has 5 nitrogen and oxygen atoms in total. The van der Waals surface area contributed by atoms with Gasteiger partial charge in [-0.05, 0) is 25.7 Å². The van der Waals surface area contributed by atoms with Gasteiger partial charge in [-0.15, -0.1) is 0 Å². The standard InChI is InChI=1S/C14H23N3O2/c18-13-9-16(8-7-15-13)14(19)10-17(11-3-1-4-11)12-5-2-6-12/h11-12H,1-10H2,(H,15,18). The molecule has 2 aliphatic carbocycles. The van der Waals surface area contributed by atoms with Gasteiger partial charge in [-0.3, -0.25) is 14.5 Å². The lowest BCUT2D eigenvalue weighted by Crippen LogP contribution is -2.56. The second-order valence-corrected chi connectivity index (χ2v) is 6.01. The van der Waals surface area contributed by atoms with Crippen molar-refractivity contribution in [2.75, 3.05) is 26.2 Å². The molecule has 106 valence electrons. The van der Waals surface area contributed by atoms with E-state index in [1.807, 2.05) is 0 Å². The zero-order valence-electron chi connectivity index (χ0n) is 11.4. The van der Waals surface area contributed by atoms with Gasteiger partial charge in [0.2, 0.25) is 11.8 Å². The van der Waals surface area contributed by atoms with Gasteiger partial charge in [0, 0.05) is 25.2 Å². The zero-order chi connectivity index (χ0) is 13.2. The molecular weight excluding hydrogens is 242 g/mol. The summed E-state index contributed by atoms with van der Waals surface area (Å²) < 4.78 is 0. The van der Waals surface area contributed by atoms with Crippen LogP contribution in [0.25, 0.3) is 0 Å². The second kappa shape index (κ2) is 5.49. The molecule has 2 saturated carbocycles. The molecule has 1 aliphatic heterocycles. The number of piperazine rings is 1. The maximum atomic E-state index is 12.3. The molecular formula is C14H23N3O2. The summed E-state index contributed by atoms with van der Waals surface area (Å²) in [5.74, 6) is 0.104. The summed E-state index contributed by atoms with van der Waals surface area (Å²) in [4.78, 5) is 27.8. The third-order valence-corrected chi connectivity index (χ3v) is 4.80. The van der Waals surface area contributed by atoms with Crippen LogP contribution in [0.1, 0.15) is 38.5 Å². The van der Waals surface area contributed by atoms with Crippen LogP contribution in [0.4, 0.5) is 0 Å². The number of nitrogens with one attached hydrogen (secondary N) is 1. The first-order valence-corrected chi connectivity index (χ1v) is 7.54. The van der Waals surface area contributed by atoms with E-state index in [0.717, 1.165) is 0 Å². The van der Waals surface area contributed by atoms with Gasteiger partial charge >= 0.3 is 0 Å². The fourth-order valence-corrected chi connectivity index (χ4v) is 3.10. The molecule has 3 aliphatic rings. The van der Waals surface area contributed by atoms with Gasteiger partial charge in [0.1, 0.15) is 0 Å². The van der Waals surface area contributed by atoms with E-state index in [1.165, 1.54) is 38.5 Å². The Morgan fingerprint density at radius 3 is 2.32 bits per heavy atom. The molecule has 3 rings (SSSR count). The number of nitrogens with zero attached hydrogens (tertiary/aromatic N) is 2. The molecule has 3 fully saturated rings. The topological polar surface area (TPSA) is 52.7 Å². The highest BCUT2D eigenvalue weighted by Crippen LogP contribution is 2.33. The van der Waals surface area contributed by atoms with Crippen molar-refractivity contribution >= 4 is 11.8 Å². The summed E-state index contributed by atoms with van der Waals surface area (Å²) in [6.07, 6.45) is 7.56. The Balaban J connectivity index is 1.57. The molecule has 0 bridgehead atoms. The van der Waals surface area contributed by atoms with Crippen LogP contribution in [0.5, 0.6) is 0 Å². The highest BCUT2D eigenvalue weighted by Gasteiger charge is 2.35. The maximum Gasteiger partial charge on any atom is 0.239 e. The SMILES string of the molecule is O=C1CN(C(=O)CN(C2CCC2)C2CCC2)CCN1. The summed E-state index contributed by atoms with van der Waals surface area (Å²) in [5.41, 5.74) is 0. The third kappa shape index (κ3) is 2.76. The minimum absolute atomic E-state index is 0.0292. The quantitative estimate of drug-likeness (QED) is 0.798. The molecule has 2 amide bonds. The smallest absolute Gasteiger partial charge is 0.239 e. The number of hydrogen-bond donors (Lipinski definition) is 1. The van der Waals surface area contributed by atoms with Crippen LogP contribution < -0.4 is 5.32 Å². The summed E-state index contributed by atoms with van der Waals surface area (Å²) in [6, 6.07) is 1.24. The van der Waals surface area contributed by atoms with Crippen molar-refractivity contribution in [3.63, 3.8) is 0 Å². The third-order valence-electron chi connectivity index (χ3n) is 4.80. The summed E-state index contributed by atoms with van der Waals surface area (Å²) in [5, 5.41) is 2.76. The second-order valence-electron chi connectivity index (χ2n) is 6.01. The fourth-order valence-electron chi connectivity index (χ4n) is 3.10. The summed E-state index contributed by atoms with van der Waals surface area (Å²) >= 11 is 0. The first-order chi connectivity index (χ1) is 9.24. The van der Waals surface area contributed by atoms with Crippen molar-refractivity contribution < 1.29 is 9.59 Å².